The molecule has 7 heteroatoms. The maximum absolute atomic E-state index is 11.4. The Morgan fingerprint density at radius 1 is 1.27 bits per heavy atom. The van der Waals surface area contributed by atoms with Crippen LogP contribution in [0.5, 0.6) is 0 Å². The molecule has 1 rings (SSSR count). The number of anilines is 1. The number of aromatic nitrogens is 2. The van der Waals surface area contributed by atoms with Crippen LogP contribution in [0.3, 0.4) is 0 Å². The molecule has 0 aliphatic rings. The van der Waals surface area contributed by atoms with E-state index < -0.39 is 10.0 Å². The normalized spacial score (nSPS) is 11.3. The number of sulfonamides is 1. The van der Waals surface area contributed by atoms with Crippen molar-refractivity contribution in [3.05, 3.63) is 18.5 Å². The van der Waals surface area contributed by atoms with E-state index in [2.05, 4.69) is 14.7 Å². The standard InChI is InChI=1S/C8H12ClN3O2S/c9-4-1-2-7-15(13,14)12-8-10-5-3-6-11-8/h3,5-6H,1-2,4,7H2,(H,10,11,12). The summed E-state index contributed by atoms with van der Waals surface area (Å²) < 4.78 is 25.2. The first-order chi connectivity index (χ1) is 7.14. The summed E-state index contributed by atoms with van der Waals surface area (Å²) in [7, 11) is -3.34. The summed E-state index contributed by atoms with van der Waals surface area (Å²) >= 11 is 5.45. The highest BCUT2D eigenvalue weighted by atomic mass is 35.5. The second-order valence-corrected chi connectivity index (χ2v) is 5.11. The smallest absolute Gasteiger partial charge is 0.236 e. The maximum atomic E-state index is 11.4. The minimum absolute atomic E-state index is 0.0397. The Morgan fingerprint density at radius 2 is 1.93 bits per heavy atom. The van der Waals surface area contributed by atoms with E-state index in [1.807, 2.05) is 0 Å². The van der Waals surface area contributed by atoms with E-state index in [9.17, 15) is 8.42 Å². The van der Waals surface area contributed by atoms with Gasteiger partial charge in [-0.15, -0.1) is 11.6 Å². The van der Waals surface area contributed by atoms with Crippen molar-refractivity contribution in [2.24, 2.45) is 0 Å². The van der Waals surface area contributed by atoms with Crippen molar-refractivity contribution in [2.45, 2.75) is 12.8 Å². The first-order valence-corrected chi connectivity index (χ1v) is 6.66. The van der Waals surface area contributed by atoms with Crippen molar-refractivity contribution in [3.8, 4) is 0 Å². The summed E-state index contributed by atoms with van der Waals surface area (Å²) in [5, 5.41) is 0. The third-order valence-electron chi connectivity index (χ3n) is 1.61. The van der Waals surface area contributed by atoms with Gasteiger partial charge in [0.1, 0.15) is 0 Å². The average Bonchev–Trinajstić information content (AvgIpc) is 2.18. The summed E-state index contributed by atoms with van der Waals surface area (Å²) in [6.07, 6.45) is 4.16. The van der Waals surface area contributed by atoms with Crippen LogP contribution in [0.15, 0.2) is 18.5 Å². The van der Waals surface area contributed by atoms with Crippen molar-refractivity contribution in [2.75, 3.05) is 16.4 Å². The van der Waals surface area contributed by atoms with Crippen LogP contribution in [0.1, 0.15) is 12.8 Å². The summed E-state index contributed by atoms with van der Waals surface area (Å²) in [5.74, 6) is 0.610. The summed E-state index contributed by atoms with van der Waals surface area (Å²) in [6, 6.07) is 1.62. The van der Waals surface area contributed by atoms with Crippen LogP contribution in [0.2, 0.25) is 0 Å². The van der Waals surface area contributed by atoms with Gasteiger partial charge in [-0.1, -0.05) is 0 Å². The van der Waals surface area contributed by atoms with E-state index in [1.54, 1.807) is 6.07 Å². The Kier molecular flexibility index (Phi) is 4.77. The molecule has 1 aromatic heterocycles. The lowest BCUT2D eigenvalue weighted by molar-refractivity contribution is 0.597. The highest BCUT2D eigenvalue weighted by molar-refractivity contribution is 7.92. The fourth-order valence-electron chi connectivity index (χ4n) is 0.928. The van der Waals surface area contributed by atoms with Gasteiger partial charge in [0.2, 0.25) is 16.0 Å². The summed E-state index contributed by atoms with van der Waals surface area (Å²) in [6.45, 7) is 0. The molecule has 0 aromatic carbocycles. The van der Waals surface area contributed by atoms with E-state index in [0.717, 1.165) is 0 Å². The van der Waals surface area contributed by atoms with Gasteiger partial charge in [-0.3, -0.25) is 4.72 Å². The second-order valence-electron chi connectivity index (χ2n) is 2.89. The molecule has 0 saturated heterocycles. The van der Waals surface area contributed by atoms with Gasteiger partial charge in [0.05, 0.1) is 5.75 Å². The van der Waals surface area contributed by atoms with Crippen LogP contribution in [0, 0.1) is 0 Å². The molecule has 1 N–H and O–H groups in total. The Morgan fingerprint density at radius 3 is 2.53 bits per heavy atom. The zero-order valence-electron chi connectivity index (χ0n) is 8.06. The number of hydrogen-bond donors (Lipinski definition) is 1. The molecule has 0 aliphatic heterocycles. The van der Waals surface area contributed by atoms with Crippen LogP contribution < -0.4 is 4.72 Å². The molecule has 0 fully saturated rings. The summed E-state index contributed by atoms with van der Waals surface area (Å²) in [5.41, 5.74) is 0. The van der Waals surface area contributed by atoms with E-state index in [0.29, 0.717) is 18.7 Å². The number of hydrogen-bond acceptors (Lipinski definition) is 4. The highest BCUT2D eigenvalue weighted by Crippen LogP contribution is 2.02. The van der Waals surface area contributed by atoms with Crippen LogP contribution in [-0.2, 0) is 10.0 Å². The van der Waals surface area contributed by atoms with Crippen molar-refractivity contribution < 1.29 is 8.42 Å². The first kappa shape index (κ1) is 12.2. The van der Waals surface area contributed by atoms with Gasteiger partial charge in [0, 0.05) is 18.3 Å². The molecule has 0 unspecified atom stereocenters. The van der Waals surface area contributed by atoms with Gasteiger partial charge in [-0.05, 0) is 18.9 Å². The van der Waals surface area contributed by atoms with Crippen molar-refractivity contribution in [3.63, 3.8) is 0 Å². The lowest BCUT2D eigenvalue weighted by Gasteiger charge is -2.04. The Bertz CT molecular complexity index is 382. The molecule has 1 aromatic rings. The SMILES string of the molecule is O=S(=O)(CCCCCl)Nc1ncccn1. The zero-order chi connectivity index (χ0) is 11.1. The number of nitrogens with one attached hydrogen (secondary N) is 1. The van der Waals surface area contributed by atoms with E-state index in [1.165, 1.54) is 12.4 Å². The van der Waals surface area contributed by atoms with Gasteiger partial charge in [0.15, 0.2) is 0 Å². The fraction of sp³-hybridized carbons (Fsp3) is 0.500. The molecule has 0 amide bonds. The molecular weight excluding hydrogens is 238 g/mol. The Balaban J connectivity index is 2.50. The van der Waals surface area contributed by atoms with E-state index >= 15 is 0 Å². The molecule has 0 atom stereocenters. The zero-order valence-corrected chi connectivity index (χ0v) is 9.63. The molecule has 15 heavy (non-hydrogen) atoms. The van der Waals surface area contributed by atoms with E-state index in [4.69, 9.17) is 11.6 Å². The lowest BCUT2D eigenvalue weighted by atomic mass is 10.4. The van der Waals surface area contributed by atoms with E-state index in [-0.39, 0.29) is 11.7 Å². The largest absolute Gasteiger partial charge is 0.251 e. The number of unbranched alkanes of at least 4 members (excludes halogenated alkanes) is 1. The molecular formula is C8H12ClN3O2S. The predicted molar refractivity (Wildman–Crippen MR) is 59.4 cm³/mol. The van der Waals surface area contributed by atoms with Crippen LogP contribution >= 0.6 is 11.6 Å². The third-order valence-corrected chi connectivity index (χ3v) is 3.20. The quantitative estimate of drug-likeness (QED) is 0.608. The molecule has 0 saturated carbocycles. The highest BCUT2D eigenvalue weighted by Gasteiger charge is 2.10. The van der Waals surface area contributed by atoms with Crippen LogP contribution in [0.4, 0.5) is 5.95 Å². The molecule has 0 spiro atoms. The molecule has 84 valence electrons. The van der Waals surface area contributed by atoms with Gasteiger partial charge in [-0.2, -0.15) is 0 Å². The van der Waals surface area contributed by atoms with Crippen LogP contribution in [-0.4, -0.2) is 30.0 Å². The minimum Gasteiger partial charge on any atom is -0.251 e. The third kappa shape index (κ3) is 4.94. The fourth-order valence-corrected chi connectivity index (χ4v) is 2.19. The summed E-state index contributed by atoms with van der Waals surface area (Å²) in [4.78, 5) is 7.53. The number of halogens is 1. The molecule has 0 radical (unpaired) electrons. The first-order valence-electron chi connectivity index (χ1n) is 4.47. The number of alkyl halides is 1. The topological polar surface area (TPSA) is 72.0 Å². The van der Waals surface area contributed by atoms with Crippen molar-refractivity contribution in [1.82, 2.24) is 9.97 Å². The average molecular weight is 250 g/mol. The molecule has 0 aliphatic carbocycles. The molecule has 1 heterocycles. The van der Waals surface area contributed by atoms with Gasteiger partial charge >= 0.3 is 0 Å². The number of nitrogens with zero attached hydrogens (tertiary/aromatic N) is 2. The van der Waals surface area contributed by atoms with Crippen molar-refractivity contribution in [1.29, 1.82) is 0 Å². The Labute approximate surface area is 93.9 Å². The second kappa shape index (κ2) is 5.87. The van der Waals surface area contributed by atoms with Gasteiger partial charge in [-0.25, -0.2) is 18.4 Å². The number of rotatable bonds is 6. The monoisotopic (exact) mass is 249 g/mol. The van der Waals surface area contributed by atoms with Crippen molar-refractivity contribution >= 4 is 27.6 Å². The Hall–Kier alpha value is -0.880. The molecule has 0 bridgehead atoms. The van der Waals surface area contributed by atoms with Gasteiger partial charge < -0.3 is 0 Å². The lowest BCUT2D eigenvalue weighted by Crippen LogP contribution is -2.18. The minimum atomic E-state index is -3.34. The van der Waals surface area contributed by atoms with Crippen LogP contribution in [0.25, 0.3) is 0 Å². The van der Waals surface area contributed by atoms with Gasteiger partial charge in [0.25, 0.3) is 0 Å². The maximum Gasteiger partial charge on any atom is 0.236 e. The molecule has 5 nitrogen and oxygen atoms in total. The predicted octanol–water partition coefficient (Wildman–Crippen LogP) is 1.24.